The van der Waals surface area contributed by atoms with Crippen molar-refractivity contribution in [2.75, 3.05) is 5.73 Å². The van der Waals surface area contributed by atoms with Crippen molar-refractivity contribution in [1.82, 2.24) is 0 Å². The maximum atomic E-state index is 8.15. The zero-order valence-corrected chi connectivity index (χ0v) is 10.0. The molecule has 0 aliphatic carbocycles. The van der Waals surface area contributed by atoms with Crippen LogP contribution in [0.3, 0.4) is 0 Å². The quantitative estimate of drug-likeness (QED) is 0.452. The van der Waals surface area contributed by atoms with Gasteiger partial charge in [-0.1, -0.05) is 24.3 Å². The first kappa shape index (κ1) is 12.2. The summed E-state index contributed by atoms with van der Waals surface area (Å²) < 4.78 is 0. The van der Waals surface area contributed by atoms with E-state index in [1.807, 2.05) is 57.2 Å². The highest BCUT2D eigenvalue weighted by atomic mass is 14.5. The average Bonchev–Trinajstić information content (AvgIpc) is 2.28. The summed E-state index contributed by atoms with van der Waals surface area (Å²) in [4.78, 5) is 0. The molecule has 2 heteroatoms. The number of hydrogen-bond donors (Lipinski definition) is 2. The summed E-state index contributed by atoms with van der Waals surface area (Å²) in [5, 5.41) is 8.15. The summed E-state index contributed by atoms with van der Waals surface area (Å²) in [6.45, 7) is 5.88. The van der Waals surface area contributed by atoms with Crippen molar-refractivity contribution in [3.05, 3.63) is 53.1 Å². The zero-order valence-electron chi connectivity index (χ0n) is 10.0. The van der Waals surface area contributed by atoms with Gasteiger partial charge in [0.15, 0.2) is 0 Å². The second-order valence-corrected chi connectivity index (χ2v) is 3.69. The van der Waals surface area contributed by atoms with E-state index in [2.05, 4.69) is 0 Å². The Bertz CT molecular complexity index is 454. The van der Waals surface area contributed by atoms with Gasteiger partial charge in [-0.15, -0.1) is 0 Å². The van der Waals surface area contributed by atoms with E-state index < -0.39 is 0 Å². The minimum Gasteiger partial charge on any atom is -0.399 e. The summed E-state index contributed by atoms with van der Waals surface area (Å²) in [6, 6.07) is 5.66. The normalized spacial score (nSPS) is 12.1. The minimum absolute atomic E-state index is 0.519. The Labute approximate surface area is 97.0 Å². The maximum Gasteiger partial charge on any atom is 0.0684 e. The van der Waals surface area contributed by atoms with Gasteiger partial charge in [0, 0.05) is 11.3 Å². The maximum absolute atomic E-state index is 8.15. The van der Waals surface area contributed by atoms with Gasteiger partial charge in [0.05, 0.1) is 5.71 Å². The van der Waals surface area contributed by atoms with Gasteiger partial charge in [0.25, 0.3) is 0 Å². The molecule has 1 aromatic rings. The standard InChI is InChI=1S/C14H18N2/c1-4-6-11(5-2)14(16)13-9-12(15)8-7-10(13)3/h4-9,16H,15H2,1-3H3/b6-4-,11-5+,16-14?. The van der Waals surface area contributed by atoms with Gasteiger partial charge in [-0.3, -0.25) is 5.41 Å². The SMILES string of the molecule is C/C=C\C(=C/C)C(=N)c1cc(N)ccc1C. The minimum atomic E-state index is 0.519. The van der Waals surface area contributed by atoms with Crippen molar-refractivity contribution < 1.29 is 0 Å². The fourth-order valence-corrected chi connectivity index (χ4v) is 1.57. The van der Waals surface area contributed by atoms with Gasteiger partial charge in [-0.2, -0.15) is 0 Å². The Morgan fingerprint density at radius 2 is 2.00 bits per heavy atom. The molecule has 0 saturated heterocycles. The van der Waals surface area contributed by atoms with Gasteiger partial charge in [-0.05, 0) is 44.0 Å². The Kier molecular flexibility index (Phi) is 4.06. The number of hydrogen-bond acceptors (Lipinski definition) is 2. The van der Waals surface area contributed by atoms with E-state index in [1.165, 1.54) is 0 Å². The van der Waals surface area contributed by atoms with Gasteiger partial charge < -0.3 is 5.73 Å². The van der Waals surface area contributed by atoms with E-state index in [1.54, 1.807) is 0 Å². The molecule has 0 atom stereocenters. The number of nitrogens with one attached hydrogen (secondary N) is 1. The molecule has 16 heavy (non-hydrogen) atoms. The van der Waals surface area contributed by atoms with Crippen LogP contribution in [0.4, 0.5) is 5.69 Å². The third-order valence-corrected chi connectivity index (χ3v) is 2.48. The number of nitrogen functional groups attached to an aromatic ring is 1. The highest BCUT2D eigenvalue weighted by molar-refractivity contribution is 6.13. The number of allylic oxidation sites excluding steroid dienone is 4. The second-order valence-electron chi connectivity index (χ2n) is 3.69. The number of aryl methyl sites for hydroxylation is 1. The van der Waals surface area contributed by atoms with Crippen LogP contribution < -0.4 is 5.73 Å². The third kappa shape index (κ3) is 2.60. The Morgan fingerprint density at radius 1 is 1.31 bits per heavy atom. The van der Waals surface area contributed by atoms with Crippen LogP contribution in [0.2, 0.25) is 0 Å². The molecule has 0 aliphatic rings. The van der Waals surface area contributed by atoms with Crippen molar-refractivity contribution in [3.63, 3.8) is 0 Å². The van der Waals surface area contributed by atoms with E-state index in [0.29, 0.717) is 11.4 Å². The first-order chi connectivity index (χ1) is 7.60. The Hall–Kier alpha value is -1.83. The predicted molar refractivity (Wildman–Crippen MR) is 71.0 cm³/mol. The molecule has 0 bridgehead atoms. The predicted octanol–water partition coefficient (Wildman–Crippen LogP) is 3.47. The monoisotopic (exact) mass is 214 g/mol. The lowest BCUT2D eigenvalue weighted by Gasteiger charge is -2.09. The molecule has 0 aliphatic heterocycles. The summed E-state index contributed by atoms with van der Waals surface area (Å²) in [5.74, 6) is 0. The average molecular weight is 214 g/mol. The van der Waals surface area contributed by atoms with E-state index in [9.17, 15) is 0 Å². The fraction of sp³-hybridized carbons (Fsp3) is 0.214. The molecule has 0 saturated carbocycles. The molecule has 0 radical (unpaired) electrons. The number of benzene rings is 1. The molecule has 3 N–H and O–H groups in total. The van der Waals surface area contributed by atoms with E-state index in [-0.39, 0.29) is 0 Å². The van der Waals surface area contributed by atoms with Crippen LogP contribution in [0.1, 0.15) is 25.0 Å². The van der Waals surface area contributed by atoms with Gasteiger partial charge in [0.1, 0.15) is 0 Å². The van der Waals surface area contributed by atoms with Crippen molar-refractivity contribution in [3.8, 4) is 0 Å². The first-order valence-corrected chi connectivity index (χ1v) is 5.34. The van der Waals surface area contributed by atoms with Gasteiger partial charge >= 0.3 is 0 Å². The van der Waals surface area contributed by atoms with Crippen LogP contribution >= 0.6 is 0 Å². The van der Waals surface area contributed by atoms with Crippen molar-refractivity contribution in [2.45, 2.75) is 20.8 Å². The Balaban J connectivity index is 3.18. The largest absolute Gasteiger partial charge is 0.399 e. The molecule has 0 aromatic heterocycles. The number of anilines is 1. The van der Waals surface area contributed by atoms with Crippen LogP contribution in [-0.4, -0.2) is 5.71 Å². The highest BCUT2D eigenvalue weighted by Gasteiger charge is 2.07. The molecule has 0 unspecified atom stereocenters. The number of rotatable bonds is 3. The molecule has 0 fully saturated rings. The fourth-order valence-electron chi connectivity index (χ4n) is 1.57. The lowest BCUT2D eigenvalue weighted by atomic mass is 9.97. The van der Waals surface area contributed by atoms with E-state index in [0.717, 1.165) is 16.7 Å². The van der Waals surface area contributed by atoms with Gasteiger partial charge in [-0.25, -0.2) is 0 Å². The van der Waals surface area contributed by atoms with Crippen LogP contribution in [-0.2, 0) is 0 Å². The lowest BCUT2D eigenvalue weighted by molar-refractivity contribution is 1.39. The lowest BCUT2D eigenvalue weighted by Crippen LogP contribution is -2.05. The van der Waals surface area contributed by atoms with Crippen LogP contribution in [0.5, 0.6) is 0 Å². The molecular weight excluding hydrogens is 196 g/mol. The van der Waals surface area contributed by atoms with Crippen LogP contribution in [0.15, 0.2) is 42.0 Å². The van der Waals surface area contributed by atoms with Crippen LogP contribution in [0, 0.1) is 12.3 Å². The third-order valence-electron chi connectivity index (χ3n) is 2.48. The highest BCUT2D eigenvalue weighted by Crippen LogP contribution is 2.17. The van der Waals surface area contributed by atoms with Crippen molar-refractivity contribution in [1.29, 1.82) is 5.41 Å². The molecular formula is C14H18N2. The van der Waals surface area contributed by atoms with E-state index >= 15 is 0 Å². The van der Waals surface area contributed by atoms with E-state index in [4.69, 9.17) is 11.1 Å². The molecule has 1 rings (SSSR count). The van der Waals surface area contributed by atoms with Crippen molar-refractivity contribution in [2.24, 2.45) is 0 Å². The molecule has 2 nitrogen and oxygen atoms in total. The molecule has 84 valence electrons. The zero-order chi connectivity index (χ0) is 12.1. The summed E-state index contributed by atoms with van der Waals surface area (Å²) in [5.41, 5.74) is 9.84. The molecule has 0 spiro atoms. The van der Waals surface area contributed by atoms with Gasteiger partial charge in [0.2, 0.25) is 0 Å². The summed E-state index contributed by atoms with van der Waals surface area (Å²) >= 11 is 0. The number of nitrogens with two attached hydrogens (primary N) is 1. The first-order valence-electron chi connectivity index (χ1n) is 5.34. The Morgan fingerprint density at radius 3 is 2.56 bits per heavy atom. The topological polar surface area (TPSA) is 49.9 Å². The molecule has 0 amide bonds. The molecule has 1 aromatic carbocycles. The summed E-state index contributed by atoms with van der Waals surface area (Å²) in [7, 11) is 0. The van der Waals surface area contributed by atoms with Crippen molar-refractivity contribution >= 4 is 11.4 Å². The second kappa shape index (κ2) is 5.31. The molecule has 0 heterocycles. The van der Waals surface area contributed by atoms with Crippen LogP contribution in [0.25, 0.3) is 0 Å². The smallest absolute Gasteiger partial charge is 0.0684 e. The summed E-state index contributed by atoms with van der Waals surface area (Å²) in [6.07, 6.45) is 5.81.